The third-order valence-corrected chi connectivity index (χ3v) is 11.5. The summed E-state index contributed by atoms with van der Waals surface area (Å²) in [5, 5.41) is 86.4. The molecule has 58 heavy (non-hydrogen) atoms. The number of nitrogens with one attached hydrogen (secondary N) is 1. The first-order chi connectivity index (χ1) is 28.1. The van der Waals surface area contributed by atoms with Gasteiger partial charge < -0.3 is 65.1 Å². The van der Waals surface area contributed by atoms with Gasteiger partial charge in [0.1, 0.15) is 48.8 Å². The molecule has 2 aliphatic heterocycles. The molecule has 12 atom stereocenters. The standard InChI is InChI=1S/C44H83NO13/c1-3-5-7-9-11-13-15-16-18-19-21-23-25-27-33(48)32(45-36(49)28-26-24-22-20-17-14-12-10-8-6-4-2)31-55-43-41(54)39(52)42(35(30-47)57-43)58-44-40(53)38(51)37(50)34(29-46)56-44/h25,27,32-35,37-44,46-48,50-54H,3-24,26,28-31H2,1-2H3,(H,45,49)/b27-25+/t32-,33+,34+,35+,37-,38-,39+,40+,41+,42+,43+,44-/m0/s1. The normalized spacial score (nSPS) is 28.9. The summed E-state index contributed by atoms with van der Waals surface area (Å²) in [4.78, 5) is 13.1. The Bertz CT molecular complexity index is 1040. The van der Waals surface area contributed by atoms with Crippen LogP contribution in [0.1, 0.15) is 168 Å². The molecule has 2 saturated heterocycles. The van der Waals surface area contributed by atoms with E-state index in [0.29, 0.717) is 6.42 Å². The first kappa shape index (κ1) is 52.9. The molecule has 0 unspecified atom stereocenters. The first-order valence-electron chi connectivity index (χ1n) is 22.9. The molecule has 14 heteroatoms. The number of allylic oxidation sites excluding steroid dienone is 1. The molecule has 0 radical (unpaired) electrons. The lowest BCUT2D eigenvalue weighted by molar-refractivity contribution is -0.359. The van der Waals surface area contributed by atoms with Crippen LogP contribution in [0.25, 0.3) is 0 Å². The van der Waals surface area contributed by atoms with Crippen molar-refractivity contribution in [2.75, 3.05) is 19.8 Å². The van der Waals surface area contributed by atoms with Crippen LogP contribution in [0.4, 0.5) is 0 Å². The van der Waals surface area contributed by atoms with E-state index in [1.165, 1.54) is 103 Å². The Labute approximate surface area is 348 Å². The molecule has 342 valence electrons. The summed E-state index contributed by atoms with van der Waals surface area (Å²) in [5.74, 6) is -0.242. The zero-order valence-corrected chi connectivity index (χ0v) is 35.8. The van der Waals surface area contributed by atoms with E-state index in [1.807, 2.05) is 6.08 Å². The summed E-state index contributed by atoms with van der Waals surface area (Å²) in [6.07, 6.45) is 14.0. The van der Waals surface area contributed by atoms with Gasteiger partial charge in [0.2, 0.25) is 5.91 Å². The molecule has 0 aromatic rings. The molecule has 2 aliphatic rings. The predicted octanol–water partition coefficient (Wildman–Crippen LogP) is 4.43. The minimum Gasteiger partial charge on any atom is -0.394 e. The number of hydrogen-bond acceptors (Lipinski definition) is 13. The molecule has 0 aliphatic carbocycles. The van der Waals surface area contributed by atoms with E-state index < -0.39 is 86.8 Å². The number of ether oxygens (including phenoxy) is 4. The Hall–Kier alpha value is -1.27. The maximum atomic E-state index is 13.1. The molecule has 9 N–H and O–H groups in total. The zero-order valence-electron chi connectivity index (χ0n) is 35.8. The Kier molecular flexibility index (Phi) is 29.6. The van der Waals surface area contributed by atoms with Crippen molar-refractivity contribution >= 4 is 5.91 Å². The van der Waals surface area contributed by atoms with Gasteiger partial charge in [-0.3, -0.25) is 4.79 Å². The molecule has 0 saturated carbocycles. The number of hydrogen-bond donors (Lipinski definition) is 9. The van der Waals surface area contributed by atoms with Crippen molar-refractivity contribution in [3.8, 4) is 0 Å². The smallest absolute Gasteiger partial charge is 0.220 e. The van der Waals surface area contributed by atoms with E-state index >= 15 is 0 Å². The average Bonchev–Trinajstić information content (AvgIpc) is 3.22. The molecular weight excluding hydrogens is 750 g/mol. The summed E-state index contributed by atoms with van der Waals surface area (Å²) < 4.78 is 22.6. The van der Waals surface area contributed by atoms with Crippen LogP contribution in [0.3, 0.4) is 0 Å². The highest BCUT2D eigenvalue weighted by Gasteiger charge is 2.50. The van der Waals surface area contributed by atoms with E-state index in [-0.39, 0.29) is 18.9 Å². The molecule has 2 heterocycles. The fraction of sp³-hybridized carbons (Fsp3) is 0.932. The lowest BCUT2D eigenvalue weighted by atomic mass is 9.97. The summed E-state index contributed by atoms with van der Waals surface area (Å²) >= 11 is 0. The number of rotatable bonds is 34. The van der Waals surface area contributed by atoms with Gasteiger partial charge in [-0.1, -0.05) is 154 Å². The Morgan fingerprint density at radius 1 is 0.603 bits per heavy atom. The van der Waals surface area contributed by atoms with E-state index in [0.717, 1.165) is 38.5 Å². The van der Waals surface area contributed by atoms with Gasteiger partial charge in [-0.2, -0.15) is 0 Å². The van der Waals surface area contributed by atoms with Crippen molar-refractivity contribution in [3.63, 3.8) is 0 Å². The predicted molar refractivity (Wildman–Crippen MR) is 222 cm³/mol. The van der Waals surface area contributed by atoms with Crippen LogP contribution < -0.4 is 5.32 Å². The number of aliphatic hydroxyl groups excluding tert-OH is 8. The van der Waals surface area contributed by atoms with Crippen LogP contribution in [0.2, 0.25) is 0 Å². The molecule has 14 nitrogen and oxygen atoms in total. The van der Waals surface area contributed by atoms with Gasteiger partial charge in [0.05, 0.1) is 32.0 Å². The van der Waals surface area contributed by atoms with Gasteiger partial charge in [-0.15, -0.1) is 0 Å². The molecular formula is C44H83NO13. The fourth-order valence-electron chi connectivity index (χ4n) is 7.64. The third-order valence-electron chi connectivity index (χ3n) is 11.5. The number of amides is 1. The monoisotopic (exact) mass is 834 g/mol. The van der Waals surface area contributed by atoms with Crippen LogP contribution in [0.5, 0.6) is 0 Å². The first-order valence-corrected chi connectivity index (χ1v) is 22.9. The topological polar surface area (TPSA) is 228 Å². The summed E-state index contributed by atoms with van der Waals surface area (Å²) in [6, 6.07) is -0.905. The number of carbonyl (C=O) groups excluding carboxylic acids is 1. The Balaban J connectivity index is 1.91. The number of unbranched alkanes of at least 4 members (excludes halogenated alkanes) is 21. The van der Waals surface area contributed by atoms with E-state index in [9.17, 15) is 45.6 Å². The van der Waals surface area contributed by atoms with Gasteiger partial charge in [-0.05, 0) is 19.3 Å². The Morgan fingerprint density at radius 2 is 1.07 bits per heavy atom. The summed E-state index contributed by atoms with van der Waals surface area (Å²) in [7, 11) is 0. The third kappa shape index (κ3) is 20.5. The second-order valence-corrected chi connectivity index (χ2v) is 16.5. The van der Waals surface area contributed by atoms with Crippen LogP contribution in [-0.4, -0.2) is 140 Å². The highest BCUT2D eigenvalue weighted by atomic mass is 16.7. The highest BCUT2D eigenvalue weighted by Crippen LogP contribution is 2.30. The minimum atomic E-state index is -1.78. The molecule has 1 amide bonds. The molecule has 0 spiro atoms. The minimum absolute atomic E-state index is 0.242. The average molecular weight is 834 g/mol. The van der Waals surface area contributed by atoms with Gasteiger partial charge >= 0.3 is 0 Å². The highest BCUT2D eigenvalue weighted by molar-refractivity contribution is 5.76. The zero-order chi connectivity index (χ0) is 42.5. The number of aliphatic hydroxyl groups is 8. The van der Waals surface area contributed by atoms with Gasteiger partial charge in [-0.25, -0.2) is 0 Å². The van der Waals surface area contributed by atoms with Crippen molar-refractivity contribution in [3.05, 3.63) is 12.2 Å². The fourth-order valence-corrected chi connectivity index (χ4v) is 7.64. The van der Waals surface area contributed by atoms with Crippen LogP contribution in [0.15, 0.2) is 12.2 Å². The van der Waals surface area contributed by atoms with Crippen molar-refractivity contribution in [2.45, 2.75) is 242 Å². The largest absolute Gasteiger partial charge is 0.394 e. The maximum Gasteiger partial charge on any atom is 0.220 e. The van der Waals surface area contributed by atoms with E-state index in [2.05, 4.69) is 19.2 Å². The SMILES string of the molecule is CCCCCCCCCCCCC/C=C/[C@@H](O)[C@H](CO[C@@H]1O[C@H](CO)[C@@H](O[C@@H]2O[C@H](CO)[C@H](O)[C@H](O)[C@H]2O)[C@H](O)[C@H]1O)NC(=O)CCCCCCCCCCCCC. The molecule has 0 bridgehead atoms. The molecule has 0 aromatic carbocycles. The second-order valence-electron chi connectivity index (χ2n) is 16.5. The van der Waals surface area contributed by atoms with E-state index in [1.54, 1.807) is 6.08 Å². The van der Waals surface area contributed by atoms with Crippen molar-refractivity contribution in [2.24, 2.45) is 0 Å². The molecule has 2 rings (SSSR count). The van der Waals surface area contributed by atoms with Gasteiger partial charge in [0, 0.05) is 6.42 Å². The van der Waals surface area contributed by atoms with Gasteiger partial charge in [0.15, 0.2) is 12.6 Å². The van der Waals surface area contributed by atoms with Crippen LogP contribution >= 0.6 is 0 Å². The van der Waals surface area contributed by atoms with Crippen molar-refractivity contribution in [1.82, 2.24) is 5.32 Å². The van der Waals surface area contributed by atoms with Crippen molar-refractivity contribution < 1.29 is 64.6 Å². The summed E-state index contributed by atoms with van der Waals surface area (Å²) in [6.45, 7) is 2.75. The maximum absolute atomic E-state index is 13.1. The van der Waals surface area contributed by atoms with Crippen LogP contribution in [-0.2, 0) is 23.7 Å². The summed E-state index contributed by atoms with van der Waals surface area (Å²) in [5.41, 5.74) is 0. The Morgan fingerprint density at radius 3 is 1.59 bits per heavy atom. The second kappa shape index (κ2) is 32.4. The lowest BCUT2D eigenvalue weighted by Crippen LogP contribution is -2.65. The lowest BCUT2D eigenvalue weighted by Gasteiger charge is -2.46. The van der Waals surface area contributed by atoms with Crippen LogP contribution in [0, 0.1) is 0 Å². The number of carbonyl (C=O) groups is 1. The van der Waals surface area contributed by atoms with E-state index in [4.69, 9.17) is 18.9 Å². The molecule has 2 fully saturated rings. The van der Waals surface area contributed by atoms with Gasteiger partial charge in [0.25, 0.3) is 0 Å². The quantitative estimate of drug-likeness (QED) is 0.0324. The molecule has 0 aromatic heterocycles. The van der Waals surface area contributed by atoms with Crippen molar-refractivity contribution in [1.29, 1.82) is 0 Å².